The molecule has 1 heterocycles. The van der Waals surface area contributed by atoms with Gasteiger partial charge in [-0.05, 0) is 66.5 Å². The van der Waals surface area contributed by atoms with Gasteiger partial charge in [0.15, 0.2) is 9.84 Å². The highest BCUT2D eigenvalue weighted by molar-refractivity contribution is 7.90. The van der Waals surface area contributed by atoms with Crippen molar-refractivity contribution in [1.82, 2.24) is 9.55 Å². The molecule has 29 heavy (non-hydrogen) atoms. The lowest BCUT2D eigenvalue weighted by molar-refractivity contribution is 0.415. The molecule has 152 valence electrons. The van der Waals surface area contributed by atoms with Crippen LogP contribution in [-0.4, -0.2) is 31.3 Å². The maximum Gasteiger partial charge on any atom is 0.175 e. The van der Waals surface area contributed by atoms with Crippen LogP contribution in [0.2, 0.25) is 0 Å². The van der Waals surface area contributed by atoms with E-state index in [1.807, 2.05) is 55.6 Å². The van der Waals surface area contributed by atoms with Crippen LogP contribution in [0.15, 0.2) is 59.8 Å². The normalized spacial score (nSPS) is 15.3. The molecule has 0 bridgehead atoms. The van der Waals surface area contributed by atoms with Gasteiger partial charge in [-0.1, -0.05) is 24.3 Å². The lowest BCUT2D eigenvalue weighted by atomic mass is 9.90. The molecule has 1 aliphatic rings. The maximum atomic E-state index is 12.7. The Bertz CT molecular complexity index is 1130. The Labute approximate surface area is 172 Å². The first-order chi connectivity index (χ1) is 13.8. The molecule has 0 atom stereocenters. The number of sulfone groups is 1. The summed E-state index contributed by atoms with van der Waals surface area (Å²) in [7, 11) is -1.71. The van der Waals surface area contributed by atoms with Crippen molar-refractivity contribution in [3.05, 3.63) is 66.2 Å². The molecule has 1 aliphatic carbocycles. The summed E-state index contributed by atoms with van der Waals surface area (Å²) in [5.41, 5.74) is 2.77. The molecule has 1 aromatic heterocycles. The second-order valence-electron chi connectivity index (χ2n) is 7.91. The number of rotatable bonds is 7. The van der Waals surface area contributed by atoms with Crippen LogP contribution >= 0.6 is 0 Å². The molecule has 1 fully saturated rings. The molecule has 5 nitrogen and oxygen atoms in total. The smallest absolute Gasteiger partial charge is 0.175 e. The average Bonchev–Trinajstić information content (AvgIpc) is 3.40. The van der Waals surface area contributed by atoms with Gasteiger partial charge in [0.25, 0.3) is 0 Å². The van der Waals surface area contributed by atoms with Gasteiger partial charge in [0.05, 0.1) is 12.0 Å². The number of methoxy groups -OCH3 is 1. The minimum absolute atomic E-state index is 0.0619. The number of nitrogens with zero attached hydrogens (tertiary/aromatic N) is 2. The summed E-state index contributed by atoms with van der Waals surface area (Å²) < 4.78 is 32.7. The zero-order chi connectivity index (χ0) is 20.6. The maximum absolute atomic E-state index is 12.7. The Morgan fingerprint density at radius 2 is 1.79 bits per heavy atom. The van der Waals surface area contributed by atoms with Crippen LogP contribution in [0.25, 0.3) is 11.1 Å². The van der Waals surface area contributed by atoms with Crippen LogP contribution in [0, 0.1) is 6.92 Å². The number of hydrogen-bond acceptors (Lipinski definition) is 4. The summed E-state index contributed by atoms with van der Waals surface area (Å²) in [5, 5.41) is 0. The molecule has 3 aromatic rings. The molecule has 0 saturated heterocycles. The SMILES string of the molecule is COc1ccc(-c2ccc(C3(CCn4ccnc4C)CC3)c(S(C)(=O)=O)c2)cc1. The van der Waals surface area contributed by atoms with Crippen LogP contribution < -0.4 is 4.74 Å². The highest BCUT2D eigenvalue weighted by atomic mass is 32.2. The van der Waals surface area contributed by atoms with E-state index < -0.39 is 9.84 Å². The molecule has 2 aromatic carbocycles. The molecule has 0 unspecified atom stereocenters. The van der Waals surface area contributed by atoms with Gasteiger partial charge in [0.1, 0.15) is 11.6 Å². The van der Waals surface area contributed by atoms with Gasteiger partial charge < -0.3 is 9.30 Å². The minimum Gasteiger partial charge on any atom is -0.497 e. The van der Waals surface area contributed by atoms with Crippen molar-refractivity contribution < 1.29 is 13.2 Å². The van der Waals surface area contributed by atoms with Gasteiger partial charge in [-0.2, -0.15) is 0 Å². The van der Waals surface area contributed by atoms with E-state index in [0.717, 1.165) is 54.1 Å². The Morgan fingerprint density at radius 3 is 2.34 bits per heavy atom. The third-order valence-electron chi connectivity index (χ3n) is 5.98. The van der Waals surface area contributed by atoms with E-state index in [9.17, 15) is 8.42 Å². The fraction of sp³-hybridized carbons (Fsp3) is 0.348. The molecule has 6 heteroatoms. The molecule has 0 N–H and O–H groups in total. The average molecular weight is 411 g/mol. The Kier molecular flexibility index (Phi) is 4.99. The zero-order valence-corrected chi connectivity index (χ0v) is 17.9. The highest BCUT2D eigenvalue weighted by Crippen LogP contribution is 2.53. The number of benzene rings is 2. The van der Waals surface area contributed by atoms with E-state index in [1.54, 1.807) is 13.3 Å². The fourth-order valence-electron chi connectivity index (χ4n) is 4.01. The highest BCUT2D eigenvalue weighted by Gasteiger charge is 2.46. The van der Waals surface area contributed by atoms with Crippen molar-refractivity contribution in [3.63, 3.8) is 0 Å². The number of ether oxygens (including phenoxy) is 1. The van der Waals surface area contributed by atoms with Crippen molar-refractivity contribution in [2.75, 3.05) is 13.4 Å². The molecule has 0 amide bonds. The summed E-state index contributed by atoms with van der Waals surface area (Å²) >= 11 is 0. The van der Waals surface area contributed by atoms with Crippen LogP contribution in [-0.2, 0) is 21.8 Å². The first-order valence-electron chi connectivity index (χ1n) is 9.79. The topological polar surface area (TPSA) is 61.2 Å². The van der Waals surface area contributed by atoms with Gasteiger partial charge in [-0.25, -0.2) is 13.4 Å². The first-order valence-corrected chi connectivity index (χ1v) is 11.7. The van der Waals surface area contributed by atoms with E-state index >= 15 is 0 Å². The van der Waals surface area contributed by atoms with E-state index in [0.29, 0.717) is 4.90 Å². The summed E-state index contributed by atoms with van der Waals surface area (Å²) in [6, 6.07) is 13.6. The number of aromatic nitrogens is 2. The molecule has 0 spiro atoms. The van der Waals surface area contributed by atoms with Gasteiger partial charge in [-0.3, -0.25) is 0 Å². The van der Waals surface area contributed by atoms with E-state index in [1.165, 1.54) is 6.26 Å². The third-order valence-corrected chi connectivity index (χ3v) is 7.12. The lowest BCUT2D eigenvalue weighted by Gasteiger charge is -2.20. The third kappa shape index (κ3) is 3.94. The van der Waals surface area contributed by atoms with Crippen molar-refractivity contribution in [2.45, 2.75) is 43.0 Å². The largest absolute Gasteiger partial charge is 0.497 e. The van der Waals surface area contributed by atoms with Crippen molar-refractivity contribution in [2.24, 2.45) is 0 Å². The van der Waals surface area contributed by atoms with Crippen LogP contribution in [0.1, 0.15) is 30.7 Å². The standard InChI is InChI=1S/C23H26N2O3S/c1-17-24-13-15-25(17)14-12-23(10-11-23)21-9-6-19(16-22(21)29(3,26)27)18-4-7-20(28-2)8-5-18/h4-9,13,15-16H,10-12,14H2,1-3H3. The van der Waals surface area contributed by atoms with E-state index in [4.69, 9.17) is 4.74 Å². The quantitative estimate of drug-likeness (QED) is 0.579. The van der Waals surface area contributed by atoms with Gasteiger partial charge in [0, 0.05) is 25.2 Å². The van der Waals surface area contributed by atoms with Crippen molar-refractivity contribution in [1.29, 1.82) is 0 Å². The van der Waals surface area contributed by atoms with Crippen LogP contribution in [0.3, 0.4) is 0 Å². The van der Waals surface area contributed by atoms with E-state index in [-0.39, 0.29) is 5.41 Å². The van der Waals surface area contributed by atoms with Gasteiger partial charge in [0.2, 0.25) is 0 Å². The van der Waals surface area contributed by atoms with Crippen LogP contribution in [0.4, 0.5) is 0 Å². The first kappa shape index (κ1) is 19.7. The number of hydrogen-bond donors (Lipinski definition) is 0. The molecule has 1 saturated carbocycles. The summed E-state index contributed by atoms with van der Waals surface area (Å²) in [4.78, 5) is 4.73. The Balaban J connectivity index is 1.69. The second-order valence-corrected chi connectivity index (χ2v) is 9.89. The van der Waals surface area contributed by atoms with Gasteiger partial charge >= 0.3 is 0 Å². The van der Waals surface area contributed by atoms with Crippen molar-refractivity contribution >= 4 is 9.84 Å². The molecule has 0 radical (unpaired) electrons. The number of imidazole rings is 1. The molecule has 0 aliphatic heterocycles. The molecule has 4 rings (SSSR count). The summed E-state index contributed by atoms with van der Waals surface area (Å²) in [5.74, 6) is 1.76. The summed E-state index contributed by atoms with van der Waals surface area (Å²) in [6.07, 6.45) is 8.04. The Hall–Kier alpha value is -2.60. The van der Waals surface area contributed by atoms with Crippen molar-refractivity contribution in [3.8, 4) is 16.9 Å². The second kappa shape index (κ2) is 7.34. The summed E-state index contributed by atoms with van der Waals surface area (Å²) in [6.45, 7) is 2.83. The van der Waals surface area contributed by atoms with Crippen LogP contribution in [0.5, 0.6) is 5.75 Å². The zero-order valence-electron chi connectivity index (χ0n) is 17.1. The number of aryl methyl sites for hydroxylation is 2. The fourth-order valence-corrected chi connectivity index (χ4v) is 5.03. The Morgan fingerprint density at radius 1 is 1.10 bits per heavy atom. The van der Waals surface area contributed by atoms with E-state index in [2.05, 4.69) is 9.55 Å². The monoisotopic (exact) mass is 410 g/mol. The van der Waals surface area contributed by atoms with Gasteiger partial charge in [-0.15, -0.1) is 0 Å². The minimum atomic E-state index is -3.34. The molecular formula is C23H26N2O3S. The predicted molar refractivity (Wildman–Crippen MR) is 114 cm³/mol. The molecular weight excluding hydrogens is 384 g/mol. The predicted octanol–water partition coefficient (Wildman–Crippen LogP) is 4.39. The lowest BCUT2D eigenvalue weighted by Crippen LogP contribution is -2.16.